The van der Waals surface area contributed by atoms with E-state index in [1.807, 2.05) is 12.1 Å². The number of amides is 1. The van der Waals surface area contributed by atoms with E-state index < -0.39 is 16.6 Å². The molecule has 1 saturated heterocycles. The number of fused-ring (bicyclic) bond motifs is 1. The Balaban J connectivity index is 2.11. The van der Waals surface area contributed by atoms with E-state index in [0.29, 0.717) is 17.2 Å². The summed E-state index contributed by atoms with van der Waals surface area (Å²) in [6.45, 7) is 5.18. The number of rotatable bonds is 1. The lowest BCUT2D eigenvalue weighted by atomic mass is 9.90. The molecule has 20 heavy (non-hydrogen) atoms. The van der Waals surface area contributed by atoms with Crippen LogP contribution in [0.4, 0.5) is 10.5 Å². The molecule has 1 aromatic carbocycles. The van der Waals surface area contributed by atoms with E-state index in [1.165, 1.54) is 16.7 Å². The number of nitrogens with zero attached hydrogens (tertiary/aromatic N) is 2. The highest BCUT2D eigenvalue weighted by Gasteiger charge is 2.69. The lowest BCUT2D eigenvalue weighted by Gasteiger charge is -2.51. The van der Waals surface area contributed by atoms with Crippen molar-refractivity contribution in [1.29, 1.82) is 5.26 Å². The van der Waals surface area contributed by atoms with E-state index in [1.54, 1.807) is 19.1 Å². The number of hydrogen-bond donors (Lipinski definition) is 0. The molecule has 0 aliphatic carbocycles. The molecule has 102 valence electrons. The van der Waals surface area contributed by atoms with Gasteiger partial charge in [-0.1, -0.05) is 30.5 Å². The highest BCUT2D eigenvalue weighted by molar-refractivity contribution is 8.02. The monoisotopic (exact) mass is 288 g/mol. The summed E-state index contributed by atoms with van der Waals surface area (Å²) in [5.74, 6) is 1.16. The van der Waals surface area contributed by atoms with Crippen molar-refractivity contribution in [2.24, 2.45) is 5.41 Å². The van der Waals surface area contributed by atoms with Crippen LogP contribution in [0.1, 0.15) is 6.92 Å². The molecule has 2 aliphatic heterocycles. The van der Waals surface area contributed by atoms with Crippen LogP contribution in [0.2, 0.25) is 0 Å². The molecule has 3 rings (SSSR count). The summed E-state index contributed by atoms with van der Waals surface area (Å²) in [6.07, 6.45) is 0.475. The molecule has 5 nitrogen and oxygen atoms in total. The van der Waals surface area contributed by atoms with Gasteiger partial charge >= 0.3 is 6.09 Å². The maximum Gasteiger partial charge on any atom is 0.423 e. The maximum absolute atomic E-state index is 12.2. The average molecular weight is 288 g/mol. The Bertz CT molecular complexity index is 642. The normalized spacial score (nSPS) is 29.9. The van der Waals surface area contributed by atoms with Gasteiger partial charge in [0.05, 0.1) is 18.0 Å². The fourth-order valence-electron chi connectivity index (χ4n) is 2.39. The molecule has 2 unspecified atom stereocenters. The van der Waals surface area contributed by atoms with Crippen LogP contribution in [-0.2, 0) is 4.74 Å². The predicted molar refractivity (Wildman–Crippen MR) is 75.1 cm³/mol. The van der Waals surface area contributed by atoms with Crippen molar-refractivity contribution >= 4 is 23.5 Å². The molecule has 1 amide bonds. The minimum absolute atomic E-state index is 0.571. The van der Waals surface area contributed by atoms with Crippen LogP contribution >= 0.6 is 11.8 Å². The van der Waals surface area contributed by atoms with Crippen LogP contribution in [0.25, 0.3) is 0 Å². The molecule has 2 atom stereocenters. The van der Waals surface area contributed by atoms with Crippen molar-refractivity contribution in [1.82, 2.24) is 0 Å². The van der Waals surface area contributed by atoms with Gasteiger partial charge in [-0.15, -0.1) is 0 Å². The summed E-state index contributed by atoms with van der Waals surface area (Å²) >= 11 is 1.41. The van der Waals surface area contributed by atoms with Crippen molar-refractivity contribution in [3.63, 3.8) is 0 Å². The van der Waals surface area contributed by atoms with Gasteiger partial charge in [0.15, 0.2) is 0 Å². The number of carbonyl (C=O) groups is 1. The van der Waals surface area contributed by atoms with Gasteiger partial charge in [-0.3, -0.25) is 0 Å². The quantitative estimate of drug-likeness (QED) is 0.743. The Kier molecular flexibility index (Phi) is 2.69. The highest BCUT2D eigenvalue weighted by Crippen LogP contribution is 2.63. The Hall–Kier alpha value is -2.13. The molecule has 0 bridgehead atoms. The Morgan fingerprint density at radius 1 is 1.65 bits per heavy atom. The molecule has 1 aromatic rings. The molecule has 0 aromatic heterocycles. The second-order valence-electron chi connectivity index (χ2n) is 4.77. The zero-order valence-corrected chi connectivity index (χ0v) is 11.6. The van der Waals surface area contributed by atoms with Crippen molar-refractivity contribution in [2.45, 2.75) is 12.0 Å². The van der Waals surface area contributed by atoms with Crippen LogP contribution in [0.15, 0.2) is 37.1 Å². The molecule has 2 aliphatic rings. The van der Waals surface area contributed by atoms with Crippen LogP contribution in [-0.4, -0.2) is 16.9 Å². The third-order valence-corrected chi connectivity index (χ3v) is 5.35. The summed E-state index contributed by atoms with van der Waals surface area (Å²) in [6, 6.07) is 9.42. The minimum Gasteiger partial charge on any atom is -0.454 e. The van der Waals surface area contributed by atoms with E-state index in [4.69, 9.17) is 9.47 Å². The van der Waals surface area contributed by atoms with Gasteiger partial charge in [0.1, 0.15) is 11.2 Å². The van der Waals surface area contributed by atoms with E-state index in [0.717, 1.165) is 6.26 Å². The number of anilines is 1. The van der Waals surface area contributed by atoms with Gasteiger partial charge in [-0.25, -0.2) is 9.69 Å². The van der Waals surface area contributed by atoms with E-state index >= 15 is 0 Å². The molecular formula is C14H12N2O3S. The van der Waals surface area contributed by atoms with Crippen LogP contribution in [0.5, 0.6) is 5.75 Å². The summed E-state index contributed by atoms with van der Waals surface area (Å²) in [4.78, 5) is 13.7. The number of para-hydroxylation sites is 2. The molecule has 1 spiro atoms. The van der Waals surface area contributed by atoms with Crippen LogP contribution in [0, 0.1) is 16.7 Å². The number of nitriles is 1. The number of ether oxygens (including phenoxy) is 2. The van der Waals surface area contributed by atoms with E-state index in [9.17, 15) is 10.1 Å². The lowest BCUT2D eigenvalue weighted by molar-refractivity contribution is 0.0713. The fourth-order valence-corrected chi connectivity index (χ4v) is 3.78. The summed E-state index contributed by atoms with van der Waals surface area (Å²) in [5, 5.41) is 8.37. The Morgan fingerprint density at radius 3 is 3.00 bits per heavy atom. The topological polar surface area (TPSA) is 62.6 Å². The first-order valence-corrected chi connectivity index (χ1v) is 7.01. The van der Waals surface area contributed by atoms with Gasteiger partial charge in [0, 0.05) is 5.75 Å². The van der Waals surface area contributed by atoms with E-state index in [2.05, 4.69) is 12.6 Å². The third kappa shape index (κ3) is 1.41. The smallest absolute Gasteiger partial charge is 0.423 e. The Morgan fingerprint density at radius 2 is 2.40 bits per heavy atom. The predicted octanol–water partition coefficient (Wildman–Crippen LogP) is 3.10. The third-order valence-electron chi connectivity index (χ3n) is 3.52. The molecule has 0 radical (unpaired) electrons. The van der Waals surface area contributed by atoms with Crippen molar-refractivity contribution in [2.75, 3.05) is 10.7 Å². The Labute approximate surface area is 120 Å². The van der Waals surface area contributed by atoms with Gasteiger partial charge in [0.25, 0.3) is 5.06 Å². The average Bonchev–Trinajstić information content (AvgIpc) is 2.83. The van der Waals surface area contributed by atoms with Gasteiger partial charge in [-0.05, 0) is 19.1 Å². The minimum atomic E-state index is -1.06. The molecule has 6 heteroatoms. The summed E-state index contributed by atoms with van der Waals surface area (Å²) < 4.78 is 10.8. The number of benzene rings is 1. The highest BCUT2D eigenvalue weighted by atomic mass is 32.2. The van der Waals surface area contributed by atoms with Crippen LogP contribution in [0.3, 0.4) is 0 Å². The molecular weight excluding hydrogens is 276 g/mol. The zero-order chi connectivity index (χ0) is 14.4. The standard InChI is InChI=1S/C14H12N2O3S/c1-3-18-12(17)16-10-6-4-5-7-11(10)19-14(16)13(2,8-15)9-20-14/h3-7H,1,9H2,2H3. The van der Waals surface area contributed by atoms with Crippen LogP contribution < -0.4 is 9.64 Å². The van der Waals surface area contributed by atoms with Gasteiger partial charge in [-0.2, -0.15) is 5.26 Å². The zero-order valence-electron chi connectivity index (χ0n) is 10.8. The maximum atomic E-state index is 12.2. The molecule has 0 saturated carbocycles. The lowest BCUT2D eigenvalue weighted by Crippen LogP contribution is -2.67. The SMILES string of the molecule is C=COC(=O)N1c2ccccc2OC12SCC2(C)C#N. The molecule has 0 N–H and O–H groups in total. The largest absolute Gasteiger partial charge is 0.454 e. The van der Waals surface area contributed by atoms with Gasteiger partial charge in [0.2, 0.25) is 0 Å². The molecule has 1 fully saturated rings. The number of thioether (sulfide) groups is 1. The van der Waals surface area contributed by atoms with Crippen molar-refractivity contribution in [3.8, 4) is 11.8 Å². The first-order valence-electron chi connectivity index (χ1n) is 6.03. The number of hydrogen-bond acceptors (Lipinski definition) is 5. The first-order chi connectivity index (χ1) is 9.58. The second-order valence-corrected chi connectivity index (χ2v) is 5.90. The van der Waals surface area contributed by atoms with Crippen molar-refractivity contribution < 1.29 is 14.3 Å². The second kappa shape index (κ2) is 4.18. The summed E-state index contributed by atoms with van der Waals surface area (Å²) in [5.41, 5.74) is -0.190. The molecule has 2 heterocycles. The number of carbonyl (C=O) groups excluding carboxylic acids is 1. The summed E-state index contributed by atoms with van der Waals surface area (Å²) in [7, 11) is 0. The first kappa shape index (κ1) is 12.9. The van der Waals surface area contributed by atoms with Crippen molar-refractivity contribution in [3.05, 3.63) is 37.1 Å². The van der Waals surface area contributed by atoms with E-state index in [-0.39, 0.29) is 0 Å². The van der Waals surface area contributed by atoms with Gasteiger partial charge < -0.3 is 9.47 Å². The fraction of sp³-hybridized carbons (Fsp3) is 0.286.